The molecule has 0 spiro atoms. The number of hydrogen-bond acceptors (Lipinski definition) is 1. The molecule has 1 amide bonds. The zero-order valence-corrected chi connectivity index (χ0v) is 4.43. The molecule has 1 saturated carbocycles. The number of carbonyl (C=O) groups is 1. The zero-order chi connectivity index (χ0) is 6.15. The predicted molar refractivity (Wildman–Crippen MR) is 26.8 cm³/mol. The minimum absolute atomic E-state index is 0.0486. The van der Waals surface area contributed by atoms with Crippen LogP contribution in [-0.2, 0) is 4.79 Å². The Balaban J connectivity index is 2.14. The Kier molecular flexibility index (Phi) is 1.19. The maximum absolute atomic E-state index is 11.9. The summed E-state index contributed by atoms with van der Waals surface area (Å²) in [6.45, 7) is 0. The normalized spacial score (nSPS) is 34.6. The largest absolute Gasteiger partial charge is 0.370 e. The smallest absolute Gasteiger partial charge is 0.217 e. The number of carbonyl (C=O) groups excluding carboxylic acids is 1. The lowest BCUT2D eigenvalue weighted by atomic mass is 10.3. The van der Waals surface area contributed by atoms with Gasteiger partial charge in [-0.3, -0.25) is 4.79 Å². The van der Waals surface area contributed by atoms with Crippen molar-refractivity contribution in [2.24, 2.45) is 11.7 Å². The quantitative estimate of drug-likeness (QED) is 0.552. The second-order valence-electron chi connectivity index (χ2n) is 2.18. The van der Waals surface area contributed by atoms with Crippen LogP contribution in [0.1, 0.15) is 12.8 Å². The first kappa shape index (κ1) is 5.54. The number of rotatable bonds is 2. The van der Waals surface area contributed by atoms with Gasteiger partial charge in [0.05, 0.1) is 0 Å². The molecule has 1 aliphatic rings. The van der Waals surface area contributed by atoms with Crippen molar-refractivity contribution in [3.05, 3.63) is 0 Å². The first-order valence-corrected chi connectivity index (χ1v) is 2.62. The lowest BCUT2D eigenvalue weighted by molar-refractivity contribution is -0.118. The van der Waals surface area contributed by atoms with Gasteiger partial charge in [0.25, 0.3) is 0 Å². The summed E-state index contributed by atoms with van der Waals surface area (Å²) in [5.41, 5.74) is 4.79. The highest BCUT2D eigenvalue weighted by Crippen LogP contribution is 2.36. The Hall–Kier alpha value is -0.600. The summed E-state index contributed by atoms with van der Waals surface area (Å²) < 4.78 is 11.9. The summed E-state index contributed by atoms with van der Waals surface area (Å²) in [6, 6.07) is 0. The molecule has 0 unspecified atom stereocenters. The molecule has 0 aromatic heterocycles. The van der Waals surface area contributed by atoms with Crippen LogP contribution in [0.3, 0.4) is 0 Å². The Morgan fingerprint density at radius 1 is 1.88 bits per heavy atom. The Bertz CT molecular complexity index is 115. The minimum Gasteiger partial charge on any atom is -0.370 e. The van der Waals surface area contributed by atoms with Crippen molar-refractivity contribution < 1.29 is 9.18 Å². The van der Waals surface area contributed by atoms with Crippen LogP contribution < -0.4 is 5.73 Å². The number of alkyl halides is 1. The minimum atomic E-state index is -0.748. The molecule has 2 nitrogen and oxygen atoms in total. The highest BCUT2D eigenvalue weighted by Gasteiger charge is 2.38. The van der Waals surface area contributed by atoms with Crippen LogP contribution in [0.25, 0.3) is 0 Å². The Labute approximate surface area is 46.9 Å². The summed E-state index contributed by atoms with van der Waals surface area (Å²) in [6.07, 6.45) is 0.00639. The molecule has 0 radical (unpaired) electrons. The van der Waals surface area contributed by atoms with Crippen molar-refractivity contribution in [2.45, 2.75) is 19.0 Å². The average molecular weight is 117 g/mol. The van der Waals surface area contributed by atoms with E-state index in [1.165, 1.54) is 0 Å². The molecule has 2 atom stereocenters. The Morgan fingerprint density at radius 3 is 2.50 bits per heavy atom. The van der Waals surface area contributed by atoms with Gasteiger partial charge in [-0.05, 0) is 6.42 Å². The fourth-order valence-electron chi connectivity index (χ4n) is 0.680. The van der Waals surface area contributed by atoms with Crippen LogP contribution in [0.4, 0.5) is 4.39 Å². The molecule has 46 valence electrons. The van der Waals surface area contributed by atoms with E-state index in [1.807, 2.05) is 0 Å². The summed E-state index contributed by atoms with van der Waals surface area (Å²) >= 11 is 0. The van der Waals surface area contributed by atoms with Crippen molar-refractivity contribution in [3.63, 3.8) is 0 Å². The van der Waals surface area contributed by atoms with E-state index in [-0.39, 0.29) is 12.3 Å². The van der Waals surface area contributed by atoms with Crippen LogP contribution in [0.2, 0.25) is 0 Å². The maximum Gasteiger partial charge on any atom is 0.217 e. The standard InChI is InChI=1S/C5H8FNO/c6-4-1-3(4)2-5(7)8/h3-4H,1-2H2,(H2,7,8)/t3-,4-/m0/s1. The third kappa shape index (κ3) is 1.18. The van der Waals surface area contributed by atoms with Gasteiger partial charge >= 0.3 is 0 Å². The first-order chi connectivity index (χ1) is 3.70. The van der Waals surface area contributed by atoms with Crippen molar-refractivity contribution in [3.8, 4) is 0 Å². The third-order valence-electron chi connectivity index (χ3n) is 1.30. The molecule has 0 aliphatic heterocycles. The molecule has 3 heteroatoms. The van der Waals surface area contributed by atoms with E-state index in [2.05, 4.69) is 0 Å². The lowest BCUT2D eigenvalue weighted by Gasteiger charge is -1.85. The highest BCUT2D eigenvalue weighted by atomic mass is 19.1. The summed E-state index contributed by atoms with van der Waals surface area (Å²) in [5.74, 6) is -0.442. The maximum atomic E-state index is 11.9. The molecule has 0 bridgehead atoms. The Morgan fingerprint density at radius 2 is 2.38 bits per heavy atom. The van der Waals surface area contributed by atoms with Crippen molar-refractivity contribution >= 4 is 5.91 Å². The molecule has 0 aromatic carbocycles. The summed E-state index contributed by atoms with van der Waals surface area (Å²) in [4.78, 5) is 10.1. The fraction of sp³-hybridized carbons (Fsp3) is 0.800. The molecule has 8 heavy (non-hydrogen) atoms. The number of amides is 1. The molecule has 0 saturated heterocycles. The highest BCUT2D eigenvalue weighted by molar-refractivity contribution is 5.74. The third-order valence-corrected chi connectivity index (χ3v) is 1.30. The number of hydrogen-bond donors (Lipinski definition) is 1. The molecule has 1 rings (SSSR count). The van der Waals surface area contributed by atoms with E-state index in [9.17, 15) is 9.18 Å². The number of primary amides is 1. The van der Waals surface area contributed by atoms with Crippen molar-refractivity contribution in [2.75, 3.05) is 0 Å². The van der Waals surface area contributed by atoms with E-state index in [0.29, 0.717) is 6.42 Å². The molecule has 2 N–H and O–H groups in total. The van der Waals surface area contributed by atoms with Gasteiger partial charge in [0, 0.05) is 12.3 Å². The lowest BCUT2D eigenvalue weighted by Crippen LogP contribution is -2.11. The second kappa shape index (κ2) is 1.73. The van der Waals surface area contributed by atoms with Gasteiger partial charge in [0.1, 0.15) is 6.17 Å². The molecule has 0 heterocycles. The van der Waals surface area contributed by atoms with Crippen molar-refractivity contribution in [1.29, 1.82) is 0 Å². The monoisotopic (exact) mass is 117 g/mol. The zero-order valence-electron chi connectivity index (χ0n) is 4.43. The fourth-order valence-corrected chi connectivity index (χ4v) is 0.680. The molecular formula is C5H8FNO. The van der Waals surface area contributed by atoms with E-state index in [0.717, 1.165) is 0 Å². The summed E-state index contributed by atoms with van der Waals surface area (Å²) in [5, 5.41) is 0. The number of halogens is 1. The van der Waals surface area contributed by atoms with E-state index >= 15 is 0 Å². The van der Waals surface area contributed by atoms with Gasteiger partial charge in [-0.1, -0.05) is 0 Å². The van der Waals surface area contributed by atoms with Gasteiger partial charge in [-0.2, -0.15) is 0 Å². The molecule has 1 aliphatic carbocycles. The van der Waals surface area contributed by atoms with E-state index in [1.54, 1.807) is 0 Å². The molecule has 1 fully saturated rings. The summed E-state index contributed by atoms with van der Waals surface area (Å²) in [7, 11) is 0. The van der Waals surface area contributed by atoms with Gasteiger partial charge in [0.15, 0.2) is 0 Å². The average Bonchev–Trinajstić information content (AvgIpc) is 2.17. The number of nitrogens with two attached hydrogens (primary N) is 1. The van der Waals surface area contributed by atoms with Crippen LogP contribution in [-0.4, -0.2) is 12.1 Å². The van der Waals surface area contributed by atoms with Crippen molar-refractivity contribution in [1.82, 2.24) is 0 Å². The second-order valence-corrected chi connectivity index (χ2v) is 2.18. The van der Waals surface area contributed by atoms with Gasteiger partial charge in [-0.25, -0.2) is 4.39 Å². The van der Waals surface area contributed by atoms with Crippen LogP contribution in [0.15, 0.2) is 0 Å². The molecular weight excluding hydrogens is 109 g/mol. The van der Waals surface area contributed by atoms with Gasteiger partial charge < -0.3 is 5.73 Å². The first-order valence-electron chi connectivity index (χ1n) is 2.62. The van der Waals surface area contributed by atoms with Crippen LogP contribution in [0, 0.1) is 5.92 Å². The topological polar surface area (TPSA) is 43.1 Å². The van der Waals surface area contributed by atoms with Crippen LogP contribution in [0.5, 0.6) is 0 Å². The van der Waals surface area contributed by atoms with E-state index < -0.39 is 12.1 Å². The SMILES string of the molecule is NC(=O)C[C@@H]1C[C@@H]1F. The van der Waals surface area contributed by atoms with Gasteiger partial charge in [-0.15, -0.1) is 0 Å². The predicted octanol–water partition coefficient (Wildman–Crippen LogP) is 0.220. The molecule has 0 aromatic rings. The van der Waals surface area contributed by atoms with Crippen LogP contribution >= 0.6 is 0 Å². The van der Waals surface area contributed by atoms with Gasteiger partial charge in [0.2, 0.25) is 5.91 Å². The van der Waals surface area contributed by atoms with E-state index in [4.69, 9.17) is 5.73 Å².